The van der Waals surface area contributed by atoms with Crippen LogP contribution in [0.2, 0.25) is 0 Å². The minimum atomic E-state index is -2.03. The van der Waals surface area contributed by atoms with Gasteiger partial charge in [0.2, 0.25) is 0 Å². The topological polar surface area (TPSA) is 119 Å². The van der Waals surface area contributed by atoms with Crippen LogP contribution in [0.4, 0.5) is 10.1 Å². The Hall–Kier alpha value is -3.17. The van der Waals surface area contributed by atoms with Gasteiger partial charge in [-0.25, -0.2) is 4.39 Å². The fourth-order valence-corrected chi connectivity index (χ4v) is 9.60. The first-order chi connectivity index (χ1) is 21.0. The minimum Gasteiger partial charge on any atom is -0.399 e. The zero-order chi connectivity index (χ0) is 31.1. The number of nitrogen functional groups attached to an aromatic ring is 1. The van der Waals surface area contributed by atoms with E-state index < -0.39 is 58.9 Å². The smallest absolute Gasteiger partial charge is 0.193 e. The molecule has 0 bridgehead atoms. The number of aliphatic hydroxyl groups excluding tert-OH is 2. The van der Waals surface area contributed by atoms with E-state index >= 15 is 4.39 Å². The molecule has 4 fully saturated rings. The van der Waals surface area contributed by atoms with Crippen LogP contribution in [-0.4, -0.2) is 51.9 Å². The van der Waals surface area contributed by atoms with Crippen molar-refractivity contribution >= 4 is 17.3 Å². The number of benzene rings is 2. The molecule has 232 valence electrons. The third-order valence-corrected chi connectivity index (χ3v) is 11.8. The van der Waals surface area contributed by atoms with Crippen LogP contribution in [0.5, 0.6) is 0 Å². The van der Waals surface area contributed by atoms with Crippen LogP contribution in [-0.2, 0) is 31.9 Å². The number of hydrogen-bond donors (Lipinski definition) is 3. The highest BCUT2D eigenvalue weighted by Crippen LogP contribution is 2.72. The average molecular weight is 602 g/mol. The number of alkyl halides is 1. The third-order valence-electron chi connectivity index (χ3n) is 11.8. The molecule has 4 aliphatic carbocycles. The van der Waals surface area contributed by atoms with Crippen LogP contribution in [0, 0.1) is 22.7 Å². The van der Waals surface area contributed by atoms with E-state index in [1.54, 1.807) is 13.0 Å². The summed E-state index contributed by atoms with van der Waals surface area (Å²) in [7, 11) is 0. The zero-order valence-electron chi connectivity index (χ0n) is 25.2. The van der Waals surface area contributed by atoms with Gasteiger partial charge in [0, 0.05) is 28.0 Å². The molecule has 8 heteroatoms. The highest BCUT2D eigenvalue weighted by Gasteiger charge is 2.79. The number of nitrogens with two attached hydrogens (primary N) is 1. The lowest BCUT2D eigenvalue weighted by molar-refractivity contribution is -0.231. The number of hydrogen-bond acceptors (Lipinski definition) is 7. The molecule has 0 aromatic heterocycles. The Bertz CT molecular complexity index is 1570. The predicted octanol–water partition coefficient (Wildman–Crippen LogP) is 4.75. The van der Waals surface area contributed by atoms with E-state index in [0.29, 0.717) is 24.8 Å². The van der Waals surface area contributed by atoms with Gasteiger partial charge in [-0.15, -0.1) is 0 Å². The molecule has 1 heterocycles. The average Bonchev–Trinajstić information content (AvgIpc) is 3.50. The van der Waals surface area contributed by atoms with Crippen molar-refractivity contribution in [3.05, 3.63) is 89.0 Å². The molecule has 0 spiro atoms. The number of halogens is 1. The van der Waals surface area contributed by atoms with E-state index in [9.17, 15) is 19.8 Å². The molecule has 5 aliphatic rings. The maximum absolute atomic E-state index is 17.5. The van der Waals surface area contributed by atoms with Gasteiger partial charge in [0.25, 0.3) is 0 Å². The fourth-order valence-electron chi connectivity index (χ4n) is 9.60. The number of carbonyl (C=O) groups is 2. The maximum Gasteiger partial charge on any atom is 0.193 e. The van der Waals surface area contributed by atoms with Crippen LogP contribution >= 0.6 is 0 Å². The highest BCUT2D eigenvalue weighted by atomic mass is 19.1. The van der Waals surface area contributed by atoms with Gasteiger partial charge in [0.1, 0.15) is 6.61 Å². The summed E-state index contributed by atoms with van der Waals surface area (Å²) in [4.78, 5) is 25.9. The Morgan fingerprint density at radius 1 is 1.09 bits per heavy atom. The van der Waals surface area contributed by atoms with Gasteiger partial charge in [-0.3, -0.25) is 9.59 Å². The molecule has 7 nitrogen and oxygen atoms in total. The molecule has 2 aromatic rings. The SMILES string of the molecule is C[C@]12C=CC(=O)C=C1CC[C@H]1[C@@H]3C[C@H]4O[C@H](c5ccc(CCc6cccc(N)c6)cc5)O[C@@]4(C(=O)CO)[C@@]3(C)C[C@H](O)[C@@]12F. The Morgan fingerprint density at radius 3 is 2.57 bits per heavy atom. The van der Waals surface area contributed by atoms with Crippen molar-refractivity contribution in [1.82, 2.24) is 0 Å². The standard InChI is InChI=1S/C36H40FNO6/c1-33-15-14-26(40)17-24(33)12-13-27-28-18-31-36(30(42)20-39,34(28,2)19-29(41)35(27,33)37)44-32(43-31)23-10-8-21(9-11-23)6-7-22-4-3-5-25(38)16-22/h3-5,8-11,14-17,27-29,31-32,39,41H,6-7,12-13,18-20,38H2,1-2H3/t27-,28-,29-,31+,32-,33-,34-,35-,36+/m0/s1. The summed E-state index contributed by atoms with van der Waals surface area (Å²) in [5, 5.41) is 21.9. The Labute approximate surface area is 256 Å². The second-order valence-electron chi connectivity index (χ2n) is 13.9. The van der Waals surface area contributed by atoms with Crippen LogP contribution in [0.15, 0.2) is 72.3 Å². The van der Waals surface area contributed by atoms with Gasteiger partial charge in [0.05, 0.1) is 12.2 Å². The molecule has 9 atom stereocenters. The number of aryl methyl sites for hydroxylation is 2. The van der Waals surface area contributed by atoms with Crippen molar-refractivity contribution < 1.29 is 33.7 Å². The van der Waals surface area contributed by atoms with E-state index in [2.05, 4.69) is 6.07 Å². The zero-order valence-corrected chi connectivity index (χ0v) is 25.2. The molecular weight excluding hydrogens is 561 g/mol. The van der Waals surface area contributed by atoms with Crippen LogP contribution in [0.25, 0.3) is 0 Å². The van der Waals surface area contributed by atoms with E-state index in [-0.39, 0.29) is 18.1 Å². The number of anilines is 1. The van der Waals surface area contributed by atoms with Gasteiger partial charge in [-0.1, -0.05) is 55.0 Å². The molecule has 3 saturated carbocycles. The third kappa shape index (κ3) is 3.94. The number of aliphatic hydroxyl groups is 2. The molecular formula is C36H40FNO6. The summed E-state index contributed by atoms with van der Waals surface area (Å²) in [6.07, 6.45) is 4.56. The van der Waals surface area contributed by atoms with Crippen molar-refractivity contribution in [3.8, 4) is 0 Å². The molecule has 44 heavy (non-hydrogen) atoms. The van der Waals surface area contributed by atoms with E-state index in [1.165, 1.54) is 12.2 Å². The summed E-state index contributed by atoms with van der Waals surface area (Å²) in [6.45, 7) is 2.92. The summed E-state index contributed by atoms with van der Waals surface area (Å²) >= 11 is 0. The second kappa shape index (κ2) is 10.2. The van der Waals surface area contributed by atoms with Gasteiger partial charge >= 0.3 is 0 Å². The molecule has 4 N–H and O–H groups in total. The largest absolute Gasteiger partial charge is 0.399 e. The van der Waals surface area contributed by atoms with Crippen LogP contribution in [0.3, 0.4) is 0 Å². The van der Waals surface area contributed by atoms with Crippen molar-refractivity contribution in [1.29, 1.82) is 0 Å². The molecule has 0 radical (unpaired) electrons. The van der Waals surface area contributed by atoms with Gasteiger partial charge < -0.3 is 25.4 Å². The number of ketones is 2. The second-order valence-corrected chi connectivity index (χ2v) is 13.9. The number of fused-ring (bicyclic) bond motifs is 7. The first-order valence-electron chi connectivity index (χ1n) is 15.7. The normalized spacial score (nSPS) is 40.5. The molecule has 0 amide bonds. The number of carbonyl (C=O) groups excluding carboxylic acids is 2. The number of Topliss-reactive ketones (excluding diaryl/α,β-unsaturated/α-hetero) is 1. The van der Waals surface area contributed by atoms with E-state index in [0.717, 1.165) is 35.2 Å². The summed E-state index contributed by atoms with van der Waals surface area (Å²) in [5.74, 6) is -1.59. The fraction of sp³-hybridized carbons (Fsp3) is 0.500. The quantitative estimate of drug-likeness (QED) is 0.409. The van der Waals surface area contributed by atoms with Crippen LogP contribution < -0.4 is 5.73 Å². The molecule has 1 aliphatic heterocycles. The first kappa shape index (κ1) is 29.5. The van der Waals surface area contributed by atoms with Crippen molar-refractivity contribution in [2.45, 2.75) is 82.1 Å². The van der Waals surface area contributed by atoms with Crippen molar-refractivity contribution in [3.63, 3.8) is 0 Å². The molecule has 1 saturated heterocycles. The highest BCUT2D eigenvalue weighted by molar-refractivity contribution is 6.01. The Balaban J connectivity index is 1.16. The summed E-state index contributed by atoms with van der Waals surface area (Å²) < 4.78 is 30.7. The maximum atomic E-state index is 17.5. The Kier molecular flexibility index (Phi) is 6.83. The lowest BCUT2D eigenvalue weighted by Gasteiger charge is -2.62. The molecule has 2 aromatic carbocycles. The molecule has 7 rings (SSSR count). The lowest BCUT2D eigenvalue weighted by Crippen LogP contribution is -2.69. The molecule has 0 unspecified atom stereocenters. The summed E-state index contributed by atoms with van der Waals surface area (Å²) in [6, 6.07) is 15.8. The predicted molar refractivity (Wildman–Crippen MR) is 162 cm³/mol. The number of ether oxygens (including phenoxy) is 2. The van der Waals surface area contributed by atoms with E-state index in [4.69, 9.17) is 15.2 Å². The monoisotopic (exact) mass is 601 g/mol. The lowest BCUT2D eigenvalue weighted by atomic mass is 9.44. The van der Waals surface area contributed by atoms with Gasteiger partial charge in [0.15, 0.2) is 29.1 Å². The minimum absolute atomic E-state index is 0.0312. The van der Waals surface area contributed by atoms with E-state index in [1.807, 2.05) is 49.4 Å². The Morgan fingerprint density at radius 2 is 1.84 bits per heavy atom. The van der Waals surface area contributed by atoms with Crippen molar-refractivity contribution in [2.75, 3.05) is 12.3 Å². The number of allylic oxidation sites excluding steroid dienone is 4. The van der Waals surface area contributed by atoms with Crippen molar-refractivity contribution in [2.24, 2.45) is 22.7 Å². The first-order valence-corrected chi connectivity index (χ1v) is 15.7. The van der Waals surface area contributed by atoms with Crippen LogP contribution in [0.1, 0.15) is 62.5 Å². The summed E-state index contributed by atoms with van der Waals surface area (Å²) in [5.41, 5.74) is 4.75. The van der Waals surface area contributed by atoms with Gasteiger partial charge in [-0.2, -0.15) is 0 Å². The number of rotatable bonds is 6. The van der Waals surface area contributed by atoms with Gasteiger partial charge in [-0.05, 0) is 86.8 Å².